The van der Waals surface area contributed by atoms with Crippen LogP contribution in [0.2, 0.25) is 0 Å². The average molecular weight is 383 g/mol. The van der Waals surface area contributed by atoms with E-state index < -0.39 is 0 Å². The highest BCUT2D eigenvalue weighted by molar-refractivity contribution is 5.83. The Bertz CT molecular complexity index is 1170. The van der Waals surface area contributed by atoms with Gasteiger partial charge in [0.05, 0.1) is 5.69 Å². The lowest BCUT2D eigenvalue weighted by Gasteiger charge is -2.35. The van der Waals surface area contributed by atoms with E-state index in [1.807, 2.05) is 6.07 Å². The van der Waals surface area contributed by atoms with E-state index in [4.69, 9.17) is 0 Å². The Morgan fingerprint density at radius 3 is 2.66 bits per heavy atom. The predicted octanol–water partition coefficient (Wildman–Crippen LogP) is 5.40. The Labute approximate surface area is 169 Å². The second-order valence-electron chi connectivity index (χ2n) is 7.59. The van der Waals surface area contributed by atoms with Crippen molar-refractivity contribution < 1.29 is 4.39 Å². The number of fused-ring (bicyclic) bond motifs is 2. The maximum Gasteiger partial charge on any atom is 0.137 e. The molecule has 0 amide bonds. The van der Waals surface area contributed by atoms with E-state index in [-0.39, 0.29) is 11.7 Å². The van der Waals surface area contributed by atoms with E-state index >= 15 is 4.39 Å². The third-order valence-electron chi connectivity index (χ3n) is 5.95. The zero-order chi connectivity index (χ0) is 19.8. The summed E-state index contributed by atoms with van der Waals surface area (Å²) >= 11 is 0. The molecule has 0 radical (unpaired) electrons. The van der Waals surface area contributed by atoms with Gasteiger partial charge in [0.15, 0.2) is 0 Å². The summed E-state index contributed by atoms with van der Waals surface area (Å²) in [5.41, 5.74) is 4.18. The van der Waals surface area contributed by atoms with Crippen molar-refractivity contribution in [3.8, 4) is 11.3 Å². The first-order chi connectivity index (χ1) is 14.2. The lowest BCUT2D eigenvalue weighted by atomic mass is 9.82. The molecule has 1 unspecified atom stereocenters. The second-order valence-corrected chi connectivity index (χ2v) is 7.59. The van der Waals surface area contributed by atoms with Gasteiger partial charge in [0.2, 0.25) is 0 Å². The fourth-order valence-corrected chi connectivity index (χ4v) is 4.36. The van der Waals surface area contributed by atoms with Crippen molar-refractivity contribution in [1.29, 1.82) is 0 Å². The molecule has 1 atom stereocenters. The molecule has 0 saturated heterocycles. The van der Waals surface area contributed by atoms with Crippen LogP contribution in [-0.4, -0.2) is 28.2 Å². The Kier molecular flexibility index (Phi) is 4.57. The third kappa shape index (κ3) is 3.19. The maximum atomic E-state index is 15.6. The minimum Gasteiger partial charge on any atom is -0.298 e. The molecule has 0 fully saturated rings. The summed E-state index contributed by atoms with van der Waals surface area (Å²) < 4.78 is 15.6. The second kappa shape index (κ2) is 7.37. The van der Waals surface area contributed by atoms with E-state index in [0.29, 0.717) is 17.8 Å². The summed E-state index contributed by atoms with van der Waals surface area (Å²) in [6, 6.07) is 22.5. The van der Waals surface area contributed by atoms with Crippen LogP contribution in [0.5, 0.6) is 0 Å². The number of benzene rings is 3. The highest BCUT2D eigenvalue weighted by Gasteiger charge is 2.29. The van der Waals surface area contributed by atoms with Crippen LogP contribution in [0.4, 0.5) is 4.39 Å². The molecule has 4 heteroatoms. The van der Waals surface area contributed by atoms with Crippen molar-refractivity contribution in [2.24, 2.45) is 0 Å². The predicted molar refractivity (Wildman–Crippen MR) is 114 cm³/mol. The molecule has 1 aliphatic heterocycles. The van der Waals surface area contributed by atoms with Gasteiger partial charge in [-0.25, -0.2) is 4.39 Å². The van der Waals surface area contributed by atoms with Crippen LogP contribution >= 0.6 is 0 Å². The van der Waals surface area contributed by atoms with Crippen molar-refractivity contribution in [3.63, 3.8) is 0 Å². The summed E-state index contributed by atoms with van der Waals surface area (Å²) in [6.07, 6.45) is 1.61. The molecule has 3 nitrogen and oxygen atoms in total. The molecular formula is C25H22FN3. The number of hydrogen-bond acceptors (Lipinski definition) is 3. The largest absolute Gasteiger partial charge is 0.298 e. The Balaban J connectivity index is 1.64. The Morgan fingerprint density at radius 1 is 1.00 bits per heavy atom. The number of likely N-dealkylation sites (N-methyl/N-ethyl adjacent to an activating group) is 1. The molecule has 2 heterocycles. The standard InChI is InChI=1S/C25H22FN3/c1-2-29-15-22(19-10-9-17-6-3-4-7-18(17)14-19)20-11-12-21(25(26)23(20)16-29)24-8-5-13-27-28-24/h3-14,22H,2,15-16H2,1H3. The highest BCUT2D eigenvalue weighted by Crippen LogP contribution is 2.38. The minimum atomic E-state index is -0.174. The van der Waals surface area contributed by atoms with Gasteiger partial charge in [-0.1, -0.05) is 55.5 Å². The fourth-order valence-electron chi connectivity index (χ4n) is 4.36. The first-order valence-corrected chi connectivity index (χ1v) is 10.0. The Morgan fingerprint density at radius 2 is 1.86 bits per heavy atom. The molecule has 0 N–H and O–H groups in total. The van der Waals surface area contributed by atoms with E-state index in [2.05, 4.69) is 70.6 Å². The van der Waals surface area contributed by atoms with Gasteiger partial charge in [0.1, 0.15) is 5.82 Å². The maximum absolute atomic E-state index is 15.6. The van der Waals surface area contributed by atoms with Gasteiger partial charge >= 0.3 is 0 Å². The molecule has 0 saturated carbocycles. The van der Waals surface area contributed by atoms with E-state index in [0.717, 1.165) is 24.2 Å². The van der Waals surface area contributed by atoms with Crippen molar-refractivity contribution in [1.82, 2.24) is 15.1 Å². The first-order valence-electron chi connectivity index (χ1n) is 10.0. The zero-order valence-corrected chi connectivity index (χ0v) is 16.3. The Hall–Kier alpha value is -3.11. The molecule has 0 spiro atoms. The number of rotatable bonds is 3. The normalized spacial score (nSPS) is 16.7. The van der Waals surface area contributed by atoms with Gasteiger partial charge in [-0.2, -0.15) is 10.2 Å². The number of hydrogen-bond donors (Lipinski definition) is 0. The molecule has 29 heavy (non-hydrogen) atoms. The van der Waals surface area contributed by atoms with Gasteiger partial charge in [0.25, 0.3) is 0 Å². The molecule has 5 rings (SSSR count). The fraction of sp³-hybridized carbons (Fsp3) is 0.200. The topological polar surface area (TPSA) is 29.0 Å². The number of aromatic nitrogens is 2. The molecule has 144 valence electrons. The smallest absolute Gasteiger partial charge is 0.137 e. The van der Waals surface area contributed by atoms with E-state index in [1.54, 1.807) is 18.3 Å². The van der Waals surface area contributed by atoms with Crippen molar-refractivity contribution >= 4 is 10.8 Å². The van der Waals surface area contributed by atoms with Crippen molar-refractivity contribution in [2.45, 2.75) is 19.4 Å². The van der Waals surface area contributed by atoms with Gasteiger partial charge in [-0.3, -0.25) is 4.90 Å². The van der Waals surface area contributed by atoms with E-state index in [1.165, 1.54) is 16.3 Å². The molecular weight excluding hydrogens is 361 g/mol. The molecule has 0 bridgehead atoms. The summed E-state index contributed by atoms with van der Waals surface area (Å²) in [5.74, 6) is -0.0272. The van der Waals surface area contributed by atoms with Gasteiger partial charge in [0, 0.05) is 36.3 Å². The van der Waals surface area contributed by atoms with Crippen LogP contribution in [0.25, 0.3) is 22.0 Å². The summed E-state index contributed by atoms with van der Waals surface area (Å²) in [7, 11) is 0. The number of nitrogens with zero attached hydrogens (tertiary/aromatic N) is 3. The first kappa shape index (κ1) is 18.0. The third-order valence-corrected chi connectivity index (χ3v) is 5.95. The zero-order valence-electron chi connectivity index (χ0n) is 16.3. The van der Waals surface area contributed by atoms with Crippen molar-refractivity contribution in [3.05, 3.63) is 95.4 Å². The lowest BCUT2D eigenvalue weighted by molar-refractivity contribution is 0.248. The summed E-state index contributed by atoms with van der Waals surface area (Å²) in [4.78, 5) is 2.31. The SMILES string of the molecule is CCN1Cc2c(ccc(-c3cccnn3)c2F)C(c2ccc3ccccc3c2)C1. The molecule has 3 aromatic carbocycles. The summed E-state index contributed by atoms with van der Waals surface area (Å²) in [5, 5.41) is 10.5. The van der Waals surface area contributed by atoms with Gasteiger partial charge in [-0.15, -0.1) is 0 Å². The monoisotopic (exact) mass is 383 g/mol. The molecule has 0 aliphatic carbocycles. The molecule has 1 aliphatic rings. The van der Waals surface area contributed by atoms with Crippen LogP contribution < -0.4 is 0 Å². The molecule has 4 aromatic rings. The highest BCUT2D eigenvalue weighted by atomic mass is 19.1. The van der Waals surface area contributed by atoms with Gasteiger partial charge < -0.3 is 0 Å². The van der Waals surface area contributed by atoms with Crippen LogP contribution in [0.15, 0.2) is 72.9 Å². The van der Waals surface area contributed by atoms with Gasteiger partial charge in [-0.05, 0) is 46.6 Å². The van der Waals surface area contributed by atoms with Crippen molar-refractivity contribution in [2.75, 3.05) is 13.1 Å². The summed E-state index contributed by atoms with van der Waals surface area (Å²) in [6.45, 7) is 4.53. The number of halogens is 1. The van der Waals surface area contributed by atoms with Crippen LogP contribution in [0.3, 0.4) is 0 Å². The van der Waals surface area contributed by atoms with E-state index in [9.17, 15) is 0 Å². The lowest BCUT2D eigenvalue weighted by Crippen LogP contribution is -2.34. The quantitative estimate of drug-likeness (QED) is 0.474. The van der Waals surface area contributed by atoms with Crippen LogP contribution in [-0.2, 0) is 6.54 Å². The molecule has 1 aromatic heterocycles. The van der Waals surface area contributed by atoms with Crippen LogP contribution in [0, 0.1) is 5.82 Å². The minimum absolute atomic E-state index is 0.147. The van der Waals surface area contributed by atoms with Crippen LogP contribution in [0.1, 0.15) is 29.5 Å². The average Bonchev–Trinajstić information content (AvgIpc) is 2.79.